The van der Waals surface area contributed by atoms with Gasteiger partial charge in [-0.25, -0.2) is 0 Å². The van der Waals surface area contributed by atoms with Crippen LogP contribution in [0.4, 0.5) is 0 Å². The summed E-state index contributed by atoms with van der Waals surface area (Å²) in [6, 6.07) is -3.11. The first-order valence-electron chi connectivity index (χ1n) is 23.7. The standard InChI is InChI=1S/C44H77N2O22P/c1-9-24(48)16-37(55)66-43-39(45-32(50)17-25(10-2)63-34(52)13-5)28(49)21-60-31(41(43)57)23-62-30-22-61-29(20-47)42(68-69(8,58)59)44(67-38(56)19-27(12-4)65-36(54)15-7)40(30)46-33(51)18-26(11-3)64-35(53)14-6/h24-31,39-44,47-49,57-59,69H,9-23H2,1-8H3,(H,45,50)(H,46,51). The second kappa shape index (κ2) is 30.9. The van der Waals surface area contributed by atoms with Crippen LogP contribution in [-0.2, 0) is 76.0 Å². The van der Waals surface area contributed by atoms with Crippen LogP contribution in [0.15, 0.2) is 0 Å². The predicted molar refractivity (Wildman–Crippen MR) is 242 cm³/mol. The average Bonchev–Trinajstić information content (AvgIpc) is 3.49. The topological polar surface area (TPSA) is 348 Å². The van der Waals surface area contributed by atoms with E-state index in [2.05, 4.69) is 10.6 Å². The quantitative estimate of drug-likeness (QED) is 0.0283. The molecule has 25 heteroatoms. The van der Waals surface area contributed by atoms with Gasteiger partial charge in [-0.3, -0.25) is 14.4 Å². The number of hydrogen-bond donors (Lipinski definition) is 8. The van der Waals surface area contributed by atoms with Gasteiger partial charge in [-0.15, -0.1) is 0 Å². The van der Waals surface area contributed by atoms with E-state index in [-0.39, 0.29) is 51.4 Å². The summed E-state index contributed by atoms with van der Waals surface area (Å²) in [7, 11) is -4.62. The normalized spacial score (nSPS) is 27.2. The number of aliphatic hydroxyl groups is 4. The third kappa shape index (κ3) is 21.3. The summed E-state index contributed by atoms with van der Waals surface area (Å²) >= 11 is 0. The van der Waals surface area contributed by atoms with E-state index in [0.717, 1.165) is 6.66 Å². The minimum Gasteiger partial charge on any atom is -0.393 e. The number of rotatable bonds is 28. The minimum atomic E-state index is -4.62. The Kier molecular flexibility index (Phi) is 27.5. The van der Waals surface area contributed by atoms with Crippen LogP contribution >= 0.6 is 7.94 Å². The van der Waals surface area contributed by atoms with Crippen molar-refractivity contribution in [2.75, 3.05) is 33.1 Å². The van der Waals surface area contributed by atoms with E-state index < -0.39 is 181 Å². The molecule has 0 saturated carbocycles. The van der Waals surface area contributed by atoms with Crippen LogP contribution in [0.5, 0.6) is 0 Å². The minimum absolute atomic E-state index is 0.00515. The van der Waals surface area contributed by atoms with Crippen molar-refractivity contribution in [2.45, 2.75) is 204 Å². The fraction of sp³-hybridized carbons (Fsp3) is 0.841. The maximum atomic E-state index is 13.9. The van der Waals surface area contributed by atoms with Crippen molar-refractivity contribution >= 4 is 49.6 Å². The number of ether oxygens (including phenoxy) is 8. The molecule has 0 bridgehead atoms. The second-order valence-electron chi connectivity index (χ2n) is 17.0. The molecule has 24 nitrogen and oxygen atoms in total. The third-order valence-electron chi connectivity index (χ3n) is 11.3. The molecule has 0 aliphatic carbocycles. The number of hydrogen-bond acceptors (Lipinski definition) is 22. The Bertz CT molecular complexity index is 1630. The number of aliphatic hydroxyl groups excluding tert-OH is 4. The van der Waals surface area contributed by atoms with Crippen molar-refractivity contribution in [2.24, 2.45) is 0 Å². The summed E-state index contributed by atoms with van der Waals surface area (Å²) in [6.45, 7) is 9.60. The second-order valence-corrected chi connectivity index (χ2v) is 19.1. The average molecular weight is 1020 g/mol. The van der Waals surface area contributed by atoms with Gasteiger partial charge in [0.15, 0.2) is 0 Å². The fourth-order valence-electron chi connectivity index (χ4n) is 7.26. The monoisotopic (exact) mass is 1020 g/mol. The van der Waals surface area contributed by atoms with Gasteiger partial charge < -0.3 is 9.84 Å². The summed E-state index contributed by atoms with van der Waals surface area (Å²) < 4.78 is 51.4. The molecule has 0 aromatic heterocycles. The predicted octanol–water partition coefficient (Wildman–Crippen LogP) is -0.302. The zero-order chi connectivity index (χ0) is 52.0. The van der Waals surface area contributed by atoms with Gasteiger partial charge in [0.1, 0.15) is 6.10 Å². The van der Waals surface area contributed by atoms with Gasteiger partial charge in [0.2, 0.25) is 5.91 Å². The molecule has 0 aromatic carbocycles. The maximum absolute atomic E-state index is 13.9. The van der Waals surface area contributed by atoms with Crippen molar-refractivity contribution < 1.29 is 106 Å². The van der Waals surface area contributed by atoms with Crippen LogP contribution < -0.4 is 10.6 Å². The van der Waals surface area contributed by atoms with Crippen LogP contribution in [0.1, 0.15) is 119 Å². The molecule has 0 radical (unpaired) electrons. The van der Waals surface area contributed by atoms with E-state index in [1.54, 1.807) is 48.5 Å². The van der Waals surface area contributed by atoms with E-state index in [4.69, 9.17) is 42.4 Å². The molecule has 0 spiro atoms. The SMILES string of the molecule is CCC(=O)OC(CC)CC(=O)NC1C(O)COC(COC2COC(CO)C(O[PH](C)(O)O)C(OC(=O)CC(CC)OC(=O)CC)C2NC(=O)CC(CC)OC(=O)CC)C(O)C1OC(=O)CC(O)CC. The van der Waals surface area contributed by atoms with Crippen molar-refractivity contribution in [3.63, 3.8) is 0 Å². The van der Waals surface area contributed by atoms with E-state index in [1.165, 1.54) is 0 Å². The van der Waals surface area contributed by atoms with Crippen molar-refractivity contribution in [1.82, 2.24) is 10.6 Å². The Morgan fingerprint density at radius 3 is 1.54 bits per heavy atom. The van der Waals surface area contributed by atoms with Crippen LogP contribution in [0.3, 0.4) is 0 Å². The van der Waals surface area contributed by atoms with Crippen LogP contribution in [-0.4, -0.2) is 190 Å². The molecule has 0 aromatic rings. The Morgan fingerprint density at radius 2 is 1.07 bits per heavy atom. The first-order chi connectivity index (χ1) is 32.6. The van der Waals surface area contributed by atoms with Gasteiger partial charge in [0.05, 0.1) is 18.9 Å². The van der Waals surface area contributed by atoms with Crippen molar-refractivity contribution in [3.05, 3.63) is 0 Å². The fourth-order valence-corrected chi connectivity index (χ4v) is 8.07. The molecule has 2 saturated heterocycles. The molecule has 400 valence electrons. The molecule has 69 heavy (non-hydrogen) atoms. The van der Waals surface area contributed by atoms with Gasteiger partial charge in [-0.1, -0.05) is 20.8 Å². The number of esters is 5. The molecule has 2 aliphatic rings. The summed E-state index contributed by atoms with van der Waals surface area (Å²) in [4.78, 5) is 112. The molecule has 14 atom stereocenters. The zero-order valence-corrected chi connectivity index (χ0v) is 41.9. The van der Waals surface area contributed by atoms with Crippen LogP contribution in [0, 0.1) is 0 Å². The number of nitrogens with one attached hydrogen (secondary N) is 2. The van der Waals surface area contributed by atoms with Crippen LogP contribution in [0.25, 0.3) is 0 Å². The number of amides is 2. The van der Waals surface area contributed by atoms with Gasteiger partial charge in [-0.2, -0.15) is 0 Å². The molecule has 2 aliphatic heterocycles. The molecule has 14 unspecified atom stereocenters. The first-order valence-corrected chi connectivity index (χ1v) is 26.0. The molecule has 2 fully saturated rings. The van der Waals surface area contributed by atoms with Gasteiger partial charge >= 0.3 is 309 Å². The van der Waals surface area contributed by atoms with Gasteiger partial charge in [0, 0.05) is 6.42 Å². The third-order valence-corrected chi connectivity index (χ3v) is 12.0. The Labute approximate surface area is 403 Å². The van der Waals surface area contributed by atoms with E-state index >= 15 is 0 Å². The Hall–Kier alpha value is -3.68. The Morgan fingerprint density at radius 1 is 0.609 bits per heavy atom. The molecule has 2 amide bonds. The summed E-state index contributed by atoms with van der Waals surface area (Å²) in [5.74, 6) is -5.30. The summed E-state index contributed by atoms with van der Waals surface area (Å²) in [5, 5.41) is 49.3. The van der Waals surface area contributed by atoms with Crippen molar-refractivity contribution in [3.8, 4) is 0 Å². The molecular formula is C44H77N2O22P. The molecule has 8 N–H and O–H groups in total. The van der Waals surface area contributed by atoms with E-state index in [1.807, 2.05) is 0 Å². The summed E-state index contributed by atoms with van der Waals surface area (Å²) in [6.07, 6.45) is -18.1. The van der Waals surface area contributed by atoms with E-state index in [9.17, 15) is 63.8 Å². The number of carbonyl (C=O) groups is 7. The molecular weight excluding hydrogens is 939 g/mol. The van der Waals surface area contributed by atoms with Crippen LogP contribution in [0.2, 0.25) is 0 Å². The molecule has 2 heterocycles. The Balaban J connectivity index is 2.67. The molecule has 2 rings (SSSR count). The van der Waals surface area contributed by atoms with Crippen molar-refractivity contribution in [1.29, 1.82) is 0 Å². The summed E-state index contributed by atoms with van der Waals surface area (Å²) in [5.41, 5.74) is 0. The smallest absolute Gasteiger partial charge is 0.393 e. The van der Waals surface area contributed by atoms with E-state index in [0.29, 0.717) is 0 Å². The number of carbonyl (C=O) groups excluding carboxylic acids is 7. The van der Waals surface area contributed by atoms with Gasteiger partial charge in [-0.05, 0) is 12.8 Å². The first kappa shape index (κ1) is 61.4. The van der Waals surface area contributed by atoms with Gasteiger partial charge in [0.25, 0.3) is 0 Å². The zero-order valence-electron chi connectivity index (χ0n) is 40.9.